The van der Waals surface area contributed by atoms with Crippen molar-refractivity contribution in [2.75, 3.05) is 6.54 Å². The lowest BCUT2D eigenvalue weighted by molar-refractivity contribution is 0.809. The second-order valence-corrected chi connectivity index (χ2v) is 3.86. The zero-order valence-electron chi connectivity index (χ0n) is 8.95. The van der Waals surface area contributed by atoms with Crippen molar-refractivity contribution in [1.29, 1.82) is 0 Å². The van der Waals surface area contributed by atoms with Gasteiger partial charge in [-0.2, -0.15) is 0 Å². The first-order valence-corrected chi connectivity index (χ1v) is 5.58. The Hall–Kier alpha value is -1.50. The van der Waals surface area contributed by atoms with Crippen LogP contribution in [-0.2, 0) is 6.42 Å². The first-order valence-electron chi connectivity index (χ1n) is 5.58. The minimum absolute atomic E-state index is 0.983. The number of nitrogens with one attached hydrogen (secondary N) is 1. The van der Waals surface area contributed by atoms with Gasteiger partial charge in [0, 0.05) is 6.54 Å². The fourth-order valence-electron chi connectivity index (χ4n) is 1.82. The number of aryl methyl sites for hydroxylation is 1. The number of hydrogen-bond donors (Lipinski definition) is 1. The van der Waals surface area contributed by atoms with Crippen molar-refractivity contribution in [3.05, 3.63) is 59.8 Å². The van der Waals surface area contributed by atoms with Crippen molar-refractivity contribution in [3.63, 3.8) is 0 Å². The summed E-state index contributed by atoms with van der Waals surface area (Å²) in [4.78, 5) is 0. The van der Waals surface area contributed by atoms with Crippen molar-refractivity contribution in [3.8, 4) is 0 Å². The maximum absolute atomic E-state index is 3.17. The highest BCUT2D eigenvalue weighted by molar-refractivity contribution is 5.22. The minimum Gasteiger partial charge on any atom is -0.387 e. The highest BCUT2D eigenvalue weighted by atomic mass is 14.8. The van der Waals surface area contributed by atoms with Crippen molar-refractivity contribution >= 4 is 0 Å². The van der Waals surface area contributed by atoms with Gasteiger partial charge in [0.25, 0.3) is 0 Å². The summed E-state index contributed by atoms with van der Waals surface area (Å²) in [5.74, 6) is 0. The van der Waals surface area contributed by atoms with Gasteiger partial charge >= 0.3 is 0 Å². The van der Waals surface area contributed by atoms with E-state index in [0.29, 0.717) is 0 Å². The first kappa shape index (κ1) is 10.0. The third-order valence-corrected chi connectivity index (χ3v) is 2.67. The zero-order chi connectivity index (χ0) is 10.3. The van der Waals surface area contributed by atoms with Gasteiger partial charge in [0.05, 0.1) is 0 Å². The van der Waals surface area contributed by atoms with E-state index in [1.54, 1.807) is 0 Å². The summed E-state index contributed by atoms with van der Waals surface area (Å²) in [6.45, 7) is 0.983. The van der Waals surface area contributed by atoms with E-state index in [4.69, 9.17) is 0 Å². The molecule has 1 heterocycles. The molecule has 0 bridgehead atoms. The van der Waals surface area contributed by atoms with Crippen LogP contribution >= 0.6 is 0 Å². The van der Waals surface area contributed by atoms with Crippen LogP contribution in [0.15, 0.2) is 54.3 Å². The van der Waals surface area contributed by atoms with Gasteiger partial charge in [0.1, 0.15) is 0 Å². The summed E-state index contributed by atoms with van der Waals surface area (Å²) in [5, 5.41) is 3.17. The van der Waals surface area contributed by atoms with Crippen LogP contribution in [0.25, 0.3) is 0 Å². The Morgan fingerprint density at radius 1 is 1.07 bits per heavy atom. The van der Waals surface area contributed by atoms with Crippen molar-refractivity contribution in [2.45, 2.75) is 19.3 Å². The third kappa shape index (κ3) is 3.28. The Balaban J connectivity index is 1.75. The topological polar surface area (TPSA) is 12.0 Å². The zero-order valence-corrected chi connectivity index (χ0v) is 8.95. The number of dihydropyridines is 1. The van der Waals surface area contributed by atoms with E-state index in [2.05, 4.69) is 47.8 Å². The predicted octanol–water partition coefficient (Wildman–Crippen LogP) is 3.05. The van der Waals surface area contributed by atoms with E-state index in [0.717, 1.165) is 6.54 Å². The smallest absolute Gasteiger partial charge is 0.0330 e. The average Bonchev–Trinajstić information content (AvgIpc) is 2.32. The van der Waals surface area contributed by atoms with E-state index in [1.807, 2.05) is 6.20 Å². The monoisotopic (exact) mass is 199 g/mol. The molecule has 78 valence electrons. The van der Waals surface area contributed by atoms with E-state index < -0.39 is 0 Å². The van der Waals surface area contributed by atoms with Gasteiger partial charge in [-0.25, -0.2) is 0 Å². The van der Waals surface area contributed by atoms with E-state index in [1.165, 1.54) is 30.4 Å². The molecule has 1 heteroatoms. The summed E-state index contributed by atoms with van der Waals surface area (Å²) in [5.41, 5.74) is 2.90. The van der Waals surface area contributed by atoms with Gasteiger partial charge in [-0.15, -0.1) is 0 Å². The van der Waals surface area contributed by atoms with Crippen LogP contribution in [0, 0.1) is 0 Å². The van der Waals surface area contributed by atoms with E-state index in [-0.39, 0.29) is 0 Å². The lowest BCUT2D eigenvalue weighted by atomic mass is 10.0. The summed E-state index contributed by atoms with van der Waals surface area (Å²) in [6, 6.07) is 10.7. The lowest BCUT2D eigenvalue weighted by Gasteiger charge is -2.08. The summed E-state index contributed by atoms with van der Waals surface area (Å²) in [6.07, 6.45) is 10.1. The second kappa shape index (κ2) is 5.40. The van der Waals surface area contributed by atoms with Gasteiger partial charge in [0.2, 0.25) is 0 Å². The number of rotatable bonds is 4. The quantitative estimate of drug-likeness (QED) is 0.786. The fraction of sp³-hybridized carbons (Fsp3) is 0.286. The molecule has 0 unspecified atom stereocenters. The molecule has 1 N–H and O–H groups in total. The Labute approximate surface area is 91.5 Å². The van der Waals surface area contributed by atoms with Crippen LogP contribution in [0.2, 0.25) is 0 Å². The molecule has 1 nitrogen and oxygen atoms in total. The van der Waals surface area contributed by atoms with Crippen LogP contribution in [0.1, 0.15) is 18.4 Å². The normalized spacial score (nSPS) is 14.5. The van der Waals surface area contributed by atoms with Crippen molar-refractivity contribution in [1.82, 2.24) is 5.32 Å². The van der Waals surface area contributed by atoms with Crippen molar-refractivity contribution in [2.24, 2.45) is 0 Å². The Bertz CT molecular complexity index is 349. The van der Waals surface area contributed by atoms with Crippen LogP contribution in [0.5, 0.6) is 0 Å². The highest BCUT2D eigenvalue weighted by Crippen LogP contribution is 2.12. The molecule has 1 aliphatic rings. The van der Waals surface area contributed by atoms with Gasteiger partial charge in [-0.05, 0) is 42.7 Å². The Kier molecular flexibility index (Phi) is 3.61. The number of benzene rings is 1. The van der Waals surface area contributed by atoms with E-state index >= 15 is 0 Å². The third-order valence-electron chi connectivity index (χ3n) is 2.67. The summed E-state index contributed by atoms with van der Waals surface area (Å²) in [7, 11) is 0. The molecule has 1 aliphatic heterocycles. The first-order chi connectivity index (χ1) is 7.45. The average molecular weight is 199 g/mol. The maximum Gasteiger partial charge on any atom is 0.0330 e. The molecule has 0 aromatic heterocycles. The molecule has 0 radical (unpaired) electrons. The second-order valence-electron chi connectivity index (χ2n) is 3.86. The summed E-state index contributed by atoms with van der Waals surface area (Å²) >= 11 is 0. The number of hydrogen-bond acceptors (Lipinski definition) is 1. The molecule has 15 heavy (non-hydrogen) atoms. The Morgan fingerprint density at radius 2 is 1.93 bits per heavy atom. The summed E-state index contributed by atoms with van der Waals surface area (Å²) < 4.78 is 0. The molecular weight excluding hydrogens is 182 g/mol. The van der Waals surface area contributed by atoms with Gasteiger partial charge in [-0.3, -0.25) is 0 Å². The molecular formula is C14H17N. The predicted molar refractivity (Wildman–Crippen MR) is 64.6 cm³/mol. The number of allylic oxidation sites excluding steroid dienone is 2. The Morgan fingerprint density at radius 3 is 2.67 bits per heavy atom. The largest absolute Gasteiger partial charge is 0.387 e. The lowest BCUT2D eigenvalue weighted by Crippen LogP contribution is -2.08. The molecule has 0 saturated heterocycles. The molecule has 2 rings (SSSR count). The van der Waals surface area contributed by atoms with Crippen molar-refractivity contribution < 1.29 is 0 Å². The van der Waals surface area contributed by atoms with Gasteiger partial charge in [-0.1, -0.05) is 36.4 Å². The molecule has 1 aromatic rings. The van der Waals surface area contributed by atoms with Gasteiger partial charge < -0.3 is 5.32 Å². The van der Waals surface area contributed by atoms with Gasteiger partial charge in [0.15, 0.2) is 0 Å². The van der Waals surface area contributed by atoms with Crippen LogP contribution in [0.4, 0.5) is 0 Å². The highest BCUT2D eigenvalue weighted by Gasteiger charge is 1.97. The molecule has 1 aromatic carbocycles. The molecule has 0 aliphatic carbocycles. The molecule has 0 spiro atoms. The fourth-order valence-corrected chi connectivity index (χ4v) is 1.82. The molecule has 0 saturated carbocycles. The standard InChI is InChI=1S/C14H17N/c1-2-5-13(6-3-1)7-4-8-14-9-11-15-12-10-14/h1-3,5-6,9-11,15H,4,7-8,12H2. The van der Waals surface area contributed by atoms with E-state index in [9.17, 15) is 0 Å². The molecule has 0 fully saturated rings. The molecule has 0 atom stereocenters. The van der Waals surface area contributed by atoms with Crippen LogP contribution < -0.4 is 5.32 Å². The molecule has 0 amide bonds. The minimum atomic E-state index is 0.983. The maximum atomic E-state index is 3.17. The van der Waals surface area contributed by atoms with Crippen LogP contribution in [-0.4, -0.2) is 6.54 Å². The van der Waals surface area contributed by atoms with Crippen LogP contribution in [0.3, 0.4) is 0 Å². The SMILES string of the molecule is C1=CC(CCCc2ccccc2)=CCN1.